The Morgan fingerprint density at radius 2 is 2.00 bits per heavy atom. The Morgan fingerprint density at radius 3 is 2.77 bits per heavy atom. The Balaban J connectivity index is 1.52. The summed E-state index contributed by atoms with van der Waals surface area (Å²) in [6.07, 6.45) is 3.70. The van der Waals surface area contributed by atoms with Crippen molar-refractivity contribution >= 4 is 17.5 Å². The number of fused-ring (bicyclic) bond motifs is 1. The number of amides is 1. The van der Waals surface area contributed by atoms with Gasteiger partial charge < -0.3 is 14.3 Å². The summed E-state index contributed by atoms with van der Waals surface area (Å²) in [5.74, 6) is 0.737. The number of benzene rings is 1. The lowest BCUT2D eigenvalue weighted by atomic mass is 10.00. The number of hydrogen-bond acceptors (Lipinski definition) is 3. The number of rotatable bonds is 5. The Kier molecular flexibility index (Phi) is 4.82. The van der Waals surface area contributed by atoms with E-state index in [4.69, 9.17) is 16.0 Å². The summed E-state index contributed by atoms with van der Waals surface area (Å²) in [6.45, 7) is 2.42. The molecule has 2 aromatic heterocycles. The maximum atomic E-state index is 12.5. The molecule has 6 heteroatoms. The topological polar surface area (TPSA) is 50.4 Å². The van der Waals surface area contributed by atoms with Gasteiger partial charge in [-0.2, -0.15) is 0 Å². The van der Waals surface area contributed by atoms with Crippen molar-refractivity contribution in [3.63, 3.8) is 0 Å². The third-order valence-corrected chi connectivity index (χ3v) is 4.96. The van der Waals surface area contributed by atoms with Crippen molar-refractivity contribution in [2.45, 2.75) is 19.1 Å². The number of carbonyl (C=O) groups excluding carboxylic acids is 1. The first-order valence-corrected chi connectivity index (χ1v) is 9.02. The molecule has 4 rings (SSSR count). The molecule has 0 unspecified atom stereocenters. The van der Waals surface area contributed by atoms with Crippen molar-refractivity contribution in [1.82, 2.24) is 14.8 Å². The number of aromatic nitrogens is 1. The first-order chi connectivity index (χ1) is 12.7. The van der Waals surface area contributed by atoms with E-state index in [9.17, 15) is 4.79 Å². The molecule has 0 saturated heterocycles. The monoisotopic (exact) mass is 369 g/mol. The molecule has 3 aromatic rings. The normalized spacial score (nSPS) is 17.0. The van der Waals surface area contributed by atoms with Crippen molar-refractivity contribution in [1.29, 1.82) is 0 Å². The van der Waals surface area contributed by atoms with Gasteiger partial charge in [0.15, 0.2) is 0 Å². The molecule has 1 atom stereocenters. The van der Waals surface area contributed by atoms with Gasteiger partial charge in [0.1, 0.15) is 5.76 Å². The number of halogens is 1. The highest BCUT2D eigenvalue weighted by atomic mass is 35.5. The highest BCUT2D eigenvalue weighted by molar-refractivity contribution is 6.30. The number of carbonyl (C=O) groups is 1. The fourth-order valence-electron chi connectivity index (χ4n) is 3.47. The molecule has 0 bridgehead atoms. The number of hydrogen-bond donors (Lipinski definition) is 1. The van der Waals surface area contributed by atoms with Crippen molar-refractivity contribution in [2.24, 2.45) is 0 Å². The summed E-state index contributed by atoms with van der Waals surface area (Å²) in [7, 11) is 0. The van der Waals surface area contributed by atoms with E-state index < -0.39 is 0 Å². The smallest absolute Gasteiger partial charge is 0.234 e. The van der Waals surface area contributed by atoms with Gasteiger partial charge in [-0.05, 0) is 42.0 Å². The molecule has 0 saturated carbocycles. The first-order valence-electron chi connectivity index (χ1n) is 8.64. The summed E-state index contributed by atoms with van der Waals surface area (Å²) in [5, 5.41) is 3.64. The zero-order valence-corrected chi connectivity index (χ0v) is 15.0. The van der Waals surface area contributed by atoms with E-state index in [1.807, 2.05) is 36.4 Å². The zero-order chi connectivity index (χ0) is 17.9. The van der Waals surface area contributed by atoms with Crippen LogP contribution in [0.3, 0.4) is 0 Å². The predicted molar refractivity (Wildman–Crippen MR) is 99.9 cm³/mol. The van der Waals surface area contributed by atoms with Crippen LogP contribution < -0.4 is 5.32 Å². The molecule has 1 N–H and O–H groups in total. The number of nitrogens with zero attached hydrogens (tertiary/aromatic N) is 2. The van der Waals surface area contributed by atoms with Crippen molar-refractivity contribution < 1.29 is 9.21 Å². The van der Waals surface area contributed by atoms with E-state index in [-0.39, 0.29) is 11.9 Å². The third kappa shape index (κ3) is 3.54. The molecule has 0 spiro atoms. The van der Waals surface area contributed by atoms with E-state index in [2.05, 4.69) is 33.1 Å². The minimum atomic E-state index is -0.0135. The minimum Gasteiger partial charge on any atom is -0.467 e. The Labute approximate surface area is 157 Å². The van der Waals surface area contributed by atoms with Gasteiger partial charge in [0.2, 0.25) is 5.91 Å². The van der Waals surface area contributed by atoms with E-state index in [1.165, 1.54) is 5.69 Å². The Bertz CT molecular complexity index is 871. The summed E-state index contributed by atoms with van der Waals surface area (Å²) >= 11 is 6.05. The molecular weight excluding hydrogens is 350 g/mol. The van der Waals surface area contributed by atoms with E-state index >= 15 is 0 Å². The number of nitrogens with one attached hydrogen (secondary N) is 1. The highest BCUT2D eigenvalue weighted by Crippen LogP contribution is 2.32. The molecule has 1 aliphatic heterocycles. The van der Waals surface area contributed by atoms with E-state index in [1.54, 1.807) is 6.26 Å². The standard InChI is InChI=1S/C20H20ClN3O2/c21-16-7-5-15(6-8-16)20-18-4-1-9-23(18)10-11-24(20)14-19(25)22-13-17-3-2-12-26-17/h1-9,12,20H,10-11,13-14H2,(H,22,25)/t20-/m1/s1. The zero-order valence-electron chi connectivity index (χ0n) is 14.3. The lowest BCUT2D eigenvalue weighted by molar-refractivity contribution is -0.123. The predicted octanol–water partition coefficient (Wildman–Crippen LogP) is 3.46. The van der Waals surface area contributed by atoms with Crippen molar-refractivity contribution in [3.8, 4) is 0 Å². The van der Waals surface area contributed by atoms with Gasteiger partial charge >= 0.3 is 0 Å². The average Bonchev–Trinajstić information content (AvgIpc) is 3.32. The molecule has 1 aliphatic rings. The van der Waals surface area contributed by atoms with Gasteiger partial charge in [-0.1, -0.05) is 23.7 Å². The lowest BCUT2D eigenvalue weighted by Gasteiger charge is -2.36. The average molecular weight is 370 g/mol. The quantitative estimate of drug-likeness (QED) is 0.749. The molecule has 1 amide bonds. The summed E-state index contributed by atoms with van der Waals surface area (Å²) in [6, 6.07) is 15.7. The van der Waals surface area contributed by atoms with Crippen LogP contribution >= 0.6 is 11.6 Å². The molecule has 3 heterocycles. The van der Waals surface area contributed by atoms with Crippen LogP contribution in [0.4, 0.5) is 0 Å². The summed E-state index contributed by atoms with van der Waals surface area (Å²) in [4.78, 5) is 14.7. The van der Waals surface area contributed by atoms with Gasteiger partial charge in [-0.25, -0.2) is 0 Å². The maximum Gasteiger partial charge on any atom is 0.234 e. The van der Waals surface area contributed by atoms with Gasteiger partial charge in [-0.3, -0.25) is 9.69 Å². The largest absolute Gasteiger partial charge is 0.467 e. The molecule has 1 aromatic carbocycles. The van der Waals surface area contributed by atoms with Crippen LogP contribution in [0, 0.1) is 0 Å². The minimum absolute atomic E-state index is 0.0135. The van der Waals surface area contributed by atoms with Gasteiger partial charge in [-0.15, -0.1) is 0 Å². The molecule has 134 valence electrons. The fraction of sp³-hybridized carbons (Fsp3) is 0.250. The van der Waals surface area contributed by atoms with Crippen LogP contribution in [0.5, 0.6) is 0 Å². The van der Waals surface area contributed by atoms with Gasteiger partial charge in [0.25, 0.3) is 0 Å². The molecule has 5 nitrogen and oxygen atoms in total. The molecular formula is C20H20ClN3O2. The maximum absolute atomic E-state index is 12.5. The second-order valence-electron chi connectivity index (χ2n) is 6.41. The second kappa shape index (κ2) is 7.40. The lowest BCUT2D eigenvalue weighted by Crippen LogP contribution is -2.44. The van der Waals surface area contributed by atoms with Crippen LogP contribution in [-0.2, 0) is 17.9 Å². The second-order valence-corrected chi connectivity index (χ2v) is 6.84. The van der Waals surface area contributed by atoms with Crippen molar-refractivity contribution in [2.75, 3.05) is 13.1 Å². The Morgan fingerprint density at radius 1 is 1.15 bits per heavy atom. The van der Waals surface area contributed by atoms with Crippen LogP contribution in [0.25, 0.3) is 0 Å². The van der Waals surface area contributed by atoms with Crippen LogP contribution in [0.2, 0.25) is 5.02 Å². The van der Waals surface area contributed by atoms with Gasteiger partial charge in [0.05, 0.1) is 25.4 Å². The fourth-order valence-corrected chi connectivity index (χ4v) is 3.59. The van der Waals surface area contributed by atoms with E-state index in [0.29, 0.717) is 18.1 Å². The number of furan rings is 1. The first kappa shape index (κ1) is 16.9. The molecule has 26 heavy (non-hydrogen) atoms. The molecule has 0 fully saturated rings. The summed E-state index contributed by atoms with van der Waals surface area (Å²) < 4.78 is 7.51. The third-order valence-electron chi connectivity index (χ3n) is 4.71. The molecule has 0 radical (unpaired) electrons. The van der Waals surface area contributed by atoms with E-state index in [0.717, 1.165) is 24.4 Å². The highest BCUT2D eigenvalue weighted by Gasteiger charge is 2.29. The van der Waals surface area contributed by atoms with Crippen LogP contribution in [-0.4, -0.2) is 28.5 Å². The van der Waals surface area contributed by atoms with Gasteiger partial charge in [0, 0.05) is 30.0 Å². The van der Waals surface area contributed by atoms with Crippen molar-refractivity contribution in [3.05, 3.63) is 83.0 Å². The summed E-state index contributed by atoms with van der Waals surface area (Å²) in [5.41, 5.74) is 2.32. The molecule has 0 aliphatic carbocycles. The van der Waals surface area contributed by atoms with Crippen LogP contribution in [0.1, 0.15) is 23.1 Å². The SMILES string of the molecule is O=C(CN1CCn2cccc2[C@H]1c1ccc(Cl)cc1)NCc1ccco1. The van der Waals surface area contributed by atoms with Crippen LogP contribution in [0.15, 0.2) is 65.4 Å². The Hall–Kier alpha value is -2.50.